The summed E-state index contributed by atoms with van der Waals surface area (Å²) in [5.74, 6) is 1.25. The van der Waals surface area contributed by atoms with E-state index in [0.29, 0.717) is 17.8 Å². The average molecular weight is 343 g/mol. The first kappa shape index (κ1) is 16.2. The molecule has 25 heavy (non-hydrogen) atoms. The van der Waals surface area contributed by atoms with Crippen molar-refractivity contribution in [1.29, 1.82) is 0 Å². The fourth-order valence-electron chi connectivity index (χ4n) is 5.52. The monoisotopic (exact) mass is 343 g/mol. The summed E-state index contributed by atoms with van der Waals surface area (Å²) >= 11 is 0. The molecule has 0 aromatic heterocycles. The molecular weight excluding hydrogens is 322 g/mol. The zero-order valence-corrected chi connectivity index (χ0v) is 14.0. The molecule has 132 valence electrons. The van der Waals surface area contributed by atoms with Crippen LogP contribution in [0.5, 0.6) is 0 Å². The molecule has 0 radical (unpaired) electrons. The highest BCUT2D eigenvalue weighted by molar-refractivity contribution is 5.98. The summed E-state index contributed by atoms with van der Waals surface area (Å²) in [7, 11) is 0. The van der Waals surface area contributed by atoms with Gasteiger partial charge in [-0.05, 0) is 56.3 Å². The fraction of sp³-hybridized carbons (Fsp3) is 0.579. The highest BCUT2D eigenvalue weighted by Crippen LogP contribution is 2.60. The van der Waals surface area contributed by atoms with Crippen molar-refractivity contribution in [3.05, 3.63) is 39.9 Å². The lowest BCUT2D eigenvalue weighted by molar-refractivity contribution is -0.384. The van der Waals surface area contributed by atoms with Crippen LogP contribution in [0.3, 0.4) is 0 Å². The third-order valence-electron chi connectivity index (χ3n) is 6.18. The number of hydrogen-bond acceptors (Lipinski definition) is 5. The summed E-state index contributed by atoms with van der Waals surface area (Å²) in [4.78, 5) is 35.2. The van der Waals surface area contributed by atoms with Gasteiger partial charge in [0.1, 0.15) is 0 Å². The maximum atomic E-state index is 12.7. The molecule has 6 nitrogen and oxygen atoms in total. The quantitative estimate of drug-likeness (QED) is 0.353. The number of nitro groups is 1. The van der Waals surface area contributed by atoms with Gasteiger partial charge in [0.2, 0.25) is 5.78 Å². The van der Waals surface area contributed by atoms with Crippen molar-refractivity contribution in [2.75, 3.05) is 6.61 Å². The first-order chi connectivity index (χ1) is 11.9. The molecule has 1 aromatic rings. The lowest BCUT2D eigenvalue weighted by Gasteiger charge is -2.55. The van der Waals surface area contributed by atoms with Crippen molar-refractivity contribution in [3.8, 4) is 0 Å². The molecule has 0 atom stereocenters. The van der Waals surface area contributed by atoms with Crippen LogP contribution in [-0.2, 0) is 9.53 Å². The second-order valence-electron chi connectivity index (χ2n) is 8.00. The summed E-state index contributed by atoms with van der Waals surface area (Å²) in [6, 6.07) is 5.53. The first-order valence-electron chi connectivity index (χ1n) is 8.90. The van der Waals surface area contributed by atoms with E-state index in [1.165, 1.54) is 43.5 Å². The normalized spacial score (nSPS) is 32.4. The third-order valence-corrected chi connectivity index (χ3v) is 6.18. The molecule has 0 spiro atoms. The SMILES string of the molecule is O=C(COC(=O)C12CC3CC(CC(C3)C1)C2)c1cccc([N+](=O)[O-])c1. The standard InChI is InChI=1S/C19H21NO5/c21-17(15-2-1-3-16(7-15)20(23)24)11-25-18(22)19-8-12-4-13(9-19)6-14(5-12)10-19/h1-3,7,12-14H,4-6,8-11H2. The molecule has 0 heterocycles. The summed E-state index contributed by atoms with van der Waals surface area (Å²) < 4.78 is 5.39. The average Bonchev–Trinajstić information content (AvgIpc) is 2.58. The zero-order chi connectivity index (χ0) is 17.6. The summed E-state index contributed by atoms with van der Waals surface area (Å²) in [5, 5.41) is 10.8. The molecule has 4 aliphatic rings. The van der Waals surface area contributed by atoms with Gasteiger partial charge in [-0.25, -0.2) is 0 Å². The number of nitrogens with zero attached hydrogens (tertiary/aromatic N) is 1. The molecule has 4 saturated carbocycles. The van der Waals surface area contributed by atoms with Crippen molar-refractivity contribution in [3.63, 3.8) is 0 Å². The van der Waals surface area contributed by atoms with Gasteiger partial charge in [0.25, 0.3) is 5.69 Å². The number of Topliss-reactive ketones (excluding diaryl/α,β-unsaturated/α-hetero) is 1. The fourth-order valence-corrected chi connectivity index (χ4v) is 5.52. The molecule has 5 rings (SSSR count). The molecule has 4 fully saturated rings. The largest absolute Gasteiger partial charge is 0.457 e. The van der Waals surface area contributed by atoms with Crippen LogP contribution in [0.25, 0.3) is 0 Å². The van der Waals surface area contributed by atoms with E-state index in [1.54, 1.807) is 0 Å². The van der Waals surface area contributed by atoms with Gasteiger partial charge in [-0.1, -0.05) is 12.1 Å². The number of esters is 1. The Morgan fingerprint density at radius 1 is 1.12 bits per heavy atom. The predicted octanol–water partition coefficient (Wildman–Crippen LogP) is 3.54. The van der Waals surface area contributed by atoms with E-state index in [0.717, 1.165) is 19.3 Å². The Morgan fingerprint density at radius 3 is 2.28 bits per heavy atom. The molecule has 0 unspecified atom stereocenters. The minimum atomic E-state index is -0.543. The minimum absolute atomic E-state index is 0.140. The molecular formula is C19H21NO5. The number of ketones is 1. The Bertz CT molecular complexity index is 706. The lowest BCUT2D eigenvalue weighted by Crippen LogP contribution is -2.50. The van der Waals surface area contributed by atoms with Gasteiger partial charge in [-0.15, -0.1) is 0 Å². The highest BCUT2D eigenvalue weighted by Gasteiger charge is 2.55. The van der Waals surface area contributed by atoms with Crippen LogP contribution in [0.15, 0.2) is 24.3 Å². The second-order valence-corrected chi connectivity index (χ2v) is 8.00. The molecule has 6 heteroatoms. The van der Waals surface area contributed by atoms with Gasteiger partial charge in [-0.2, -0.15) is 0 Å². The number of carbonyl (C=O) groups excluding carboxylic acids is 2. The van der Waals surface area contributed by atoms with Gasteiger partial charge in [0, 0.05) is 17.7 Å². The molecule has 0 amide bonds. The summed E-state index contributed by atoms with van der Waals surface area (Å²) in [6.07, 6.45) is 6.38. The summed E-state index contributed by atoms with van der Waals surface area (Å²) in [5.41, 5.74) is -0.330. The number of hydrogen-bond donors (Lipinski definition) is 0. The van der Waals surface area contributed by atoms with E-state index in [2.05, 4.69) is 0 Å². The molecule has 4 aliphatic carbocycles. The number of nitro benzene ring substituents is 1. The van der Waals surface area contributed by atoms with Crippen molar-refractivity contribution in [1.82, 2.24) is 0 Å². The van der Waals surface area contributed by atoms with E-state index in [4.69, 9.17) is 4.74 Å². The Balaban J connectivity index is 1.41. The van der Waals surface area contributed by atoms with Crippen LogP contribution in [0, 0.1) is 33.3 Å². The molecule has 4 bridgehead atoms. The summed E-state index contributed by atoms with van der Waals surface area (Å²) in [6.45, 7) is -0.345. The topological polar surface area (TPSA) is 86.5 Å². The van der Waals surface area contributed by atoms with Crippen molar-refractivity contribution >= 4 is 17.4 Å². The predicted molar refractivity (Wildman–Crippen MR) is 89.0 cm³/mol. The highest BCUT2D eigenvalue weighted by atomic mass is 16.6. The molecule has 1 aromatic carbocycles. The van der Waals surface area contributed by atoms with E-state index in [1.807, 2.05) is 0 Å². The van der Waals surface area contributed by atoms with Gasteiger partial charge < -0.3 is 4.74 Å². The van der Waals surface area contributed by atoms with Crippen LogP contribution in [0.1, 0.15) is 48.9 Å². The van der Waals surface area contributed by atoms with Crippen LogP contribution in [0.2, 0.25) is 0 Å². The number of carbonyl (C=O) groups is 2. The molecule has 0 aliphatic heterocycles. The van der Waals surface area contributed by atoms with Gasteiger partial charge in [0.05, 0.1) is 10.3 Å². The second kappa shape index (κ2) is 5.93. The third kappa shape index (κ3) is 2.94. The first-order valence-corrected chi connectivity index (χ1v) is 8.90. The van der Waals surface area contributed by atoms with Crippen molar-refractivity contribution in [2.24, 2.45) is 23.2 Å². The Hall–Kier alpha value is -2.24. The smallest absolute Gasteiger partial charge is 0.312 e. The van der Waals surface area contributed by atoms with Gasteiger partial charge >= 0.3 is 5.97 Å². The Labute approximate surface area is 145 Å². The van der Waals surface area contributed by atoms with Gasteiger partial charge in [0.15, 0.2) is 6.61 Å². The van der Waals surface area contributed by atoms with E-state index in [9.17, 15) is 19.7 Å². The van der Waals surface area contributed by atoms with Crippen LogP contribution >= 0.6 is 0 Å². The molecule has 0 saturated heterocycles. The minimum Gasteiger partial charge on any atom is -0.457 e. The van der Waals surface area contributed by atoms with Gasteiger partial charge in [-0.3, -0.25) is 19.7 Å². The Kier molecular flexibility index (Phi) is 3.85. The number of non-ortho nitro benzene ring substituents is 1. The Morgan fingerprint density at radius 2 is 1.72 bits per heavy atom. The maximum absolute atomic E-state index is 12.7. The lowest BCUT2D eigenvalue weighted by atomic mass is 9.49. The van der Waals surface area contributed by atoms with Crippen molar-refractivity contribution < 1.29 is 19.2 Å². The van der Waals surface area contributed by atoms with Crippen LogP contribution < -0.4 is 0 Å². The number of benzene rings is 1. The van der Waals surface area contributed by atoms with E-state index in [-0.39, 0.29) is 23.8 Å². The van der Waals surface area contributed by atoms with E-state index >= 15 is 0 Å². The maximum Gasteiger partial charge on any atom is 0.312 e. The number of rotatable bonds is 5. The number of ether oxygens (including phenoxy) is 1. The van der Waals surface area contributed by atoms with Crippen molar-refractivity contribution in [2.45, 2.75) is 38.5 Å². The van der Waals surface area contributed by atoms with Crippen LogP contribution in [-0.4, -0.2) is 23.3 Å². The molecule has 0 N–H and O–H groups in total. The van der Waals surface area contributed by atoms with E-state index < -0.39 is 16.1 Å². The van der Waals surface area contributed by atoms with Crippen LogP contribution in [0.4, 0.5) is 5.69 Å². The zero-order valence-electron chi connectivity index (χ0n) is 14.0.